The molecule has 1 unspecified atom stereocenters. The van der Waals surface area contributed by atoms with E-state index < -0.39 is 6.10 Å². The second kappa shape index (κ2) is 7.18. The highest BCUT2D eigenvalue weighted by Gasteiger charge is 2.20. The number of hydrogen-bond acceptors (Lipinski definition) is 7. The predicted molar refractivity (Wildman–Crippen MR) is 89.8 cm³/mol. The first-order chi connectivity index (χ1) is 12.2. The highest BCUT2D eigenvalue weighted by atomic mass is 16.5. The summed E-state index contributed by atoms with van der Waals surface area (Å²) in [6, 6.07) is 5.11. The number of benzene rings is 1. The molecule has 25 heavy (non-hydrogen) atoms. The molecule has 1 aromatic carbocycles. The highest BCUT2D eigenvalue weighted by Crippen LogP contribution is 2.40. The molecule has 8 nitrogen and oxygen atoms in total. The minimum Gasteiger partial charge on any atom is -0.493 e. The molecule has 3 rings (SSSR count). The van der Waals surface area contributed by atoms with Crippen LogP contribution in [0.3, 0.4) is 0 Å². The topological polar surface area (TPSA) is 102 Å². The van der Waals surface area contributed by atoms with Crippen molar-refractivity contribution in [3.63, 3.8) is 0 Å². The molecule has 0 aliphatic heterocycles. The van der Waals surface area contributed by atoms with Gasteiger partial charge in [0.15, 0.2) is 17.3 Å². The number of nitrogens with zero attached hydrogens (tertiary/aromatic N) is 3. The lowest BCUT2D eigenvalue weighted by Gasteiger charge is -2.16. The maximum absolute atomic E-state index is 10.7. The second-order valence-electron chi connectivity index (χ2n) is 5.14. The van der Waals surface area contributed by atoms with Crippen molar-refractivity contribution < 1.29 is 19.3 Å². The Balaban J connectivity index is 1.96. The van der Waals surface area contributed by atoms with Crippen molar-refractivity contribution >= 4 is 0 Å². The van der Waals surface area contributed by atoms with Crippen LogP contribution in [0.25, 0.3) is 11.5 Å². The van der Waals surface area contributed by atoms with Crippen molar-refractivity contribution in [3.8, 4) is 28.8 Å². The molecule has 130 valence electrons. The number of hydrogen-bond donors (Lipinski definition) is 2. The molecular formula is C17H18N4O4. The maximum atomic E-state index is 10.7. The number of rotatable bonds is 6. The number of aromatic nitrogens is 4. The van der Waals surface area contributed by atoms with Gasteiger partial charge in [-0.2, -0.15) is 0 Å². The van der Waals surface area contributed by atoms with E-state index in [2.05, 4.69) is 19.9 Å². The van der Waals surface area contributed by atoms with Crippen LogP contribution in [0, 0.1) is 0 Å². The van der Waals surface area contributed by atoms with E-state index in [-0.39, 0.29) is 0 Å². The molecule has 0 amide bonds. The van der Waals surface area contributed by atoms with Gasteiger partial charge in [0.05, 0.1) is 33.2 Å². The largest absolute Gasteiger partial charge is 0.493 e. The van der Waals surface area contributed by atoms with Gasteiger partial charge in [-0.25, -0.2) is 15.0 Å². The van der Waals surface area contributed by atoms with Gasteiger partial charge < -0.3 is 24.3 Å². The Morgan fingerprint density at radius 1 is 1.04 bits per heavy atom. The molecule has 0 saturated heterocycles. The maximum Gasteiger partial charge on any atom is 0.203 e. The summed E-state index contributed by atoms with van der Waals surface area (Å²) in [4.78, 5) is 15.3. The molecule has 0 bridgehead atoms. The fourth-order valence-electron chi connectivity index (χ4n) is 2.47. The number of aliphatic hydroxyl groups excluding tert-OH is 1. The Kier molecular flexibility index (Phi) is 4.80. The van der Waals surface area contributed by atoms with E-state index in [1.54, 1.807) is 30.6 Å². The van der Waals surface area contributed by atoms with Crippen molar-refractivity contribution in [2.24, 2.45) is 0 Å². The minimum absolute atomic E-state index is 0.464. The van der Waals surface area contributed by atoms with Gasteiger partial charge in [-0.05, 0) is 23.8 Å². The van der Waals surface area contributed by atoms with Crippen LogP contribution >= 0.6 is 0 Å². The molecule has 0 radical (unpaired) electrons. The molecule has 0 saturated carbocycles. The third-order valence-electron chi connectivity index (χ3n) is 3.72. The zero-order valence-electron chi connectivity index (χ0n) is 14.1. The quantitative estimate of drug-likeness (QED) is 0.706. The van der Waals surface area contributed by atoms with Crippen LogP contribution in [0.1, 0.15) is 17.4 Å². The van der Waals surface area contributed by atoms with E-state index in [4.69, 9.17) is 14.2 Å². The molecule has 3 aromatic rings. The van der Waals surface area contributed by atoms with E-state index in [0.717, 1.165) is 0 Å². The lowest BCUT2D eigenvalue weighted by atomic mass is 10.1. The molecule has 2 N–H and O–H groups in total. The van der Waals surface area contributed by atoms with Crippen LogP contribution in [0.2, 0.25) is 0 Å². The van der Waals surface area contributed by atoms with Crippen LogP contribution in [0.5, 0.6) is 17.2 Å². The lowest BCUT2D eigenvalue weighted by Crippen LogP contribution is -2.03. The first kappa shape index (κ1) is 16.7. The average Bonchev–Trinajstić information content (AvgIpc) is 3.17. The van der Waals surface area contributed by atoms with Crippen LogP contribution in [0.4, 0.5) is 0 Å². The molecule has 2 aromatic heterocycles. The number of aliphatic hydroxyl groups is 1. The predicted octanol–water partition coefficient (Wildman–Crippen LogP) is 1.97. The Hall–Kier alpha value is -3.13. The van der Waals surface area contributed by atoms with Gasteiger partial charge in [-0.1, -0.05) is 0 Å². The van der Waals surface area contributed by atoms with Crippen molar-refractivity contribution in [1.29, 1.82) is 0 Å². The van der Waals surface area contributed by atoms with Gasteiger partial charge in [0.25, 0.3) is 0 Å². The van der Waals surface area contributed by atoms with Crippen molar-refractivity contribution in [1.82, 2.24) is 19.9 Å². The first-order valence-corrected chi connectivity index (χ1v) is 7.47. The van der Waals surface area contributed by atoms with Crippen molar-refractivity contribution in [2.75, 3.05) is 21.3 Å². The third-order valence-corrected chi connectivity index (χ3v) is 3.72. The van der Waals surface area contributed by atoms with E-state index in [1.165, 1.54) is 27.7 Å². The van der Waals surface area contributed by atoms with E-state index >= 15 is 0 Å². The van der Waals surface area contributed by atoms with Crippen molar-refractivity contribution in [2.45, 2.75) is 6.10 Å². The summed E-state index contributed by atoms with van der Waals surface area (Å²) in [6.07, 6.45) is 3.68. The minimum atomic E-state index is -0.947. The Labute approximate surface area is 144 Å². The zero-order chi connectivity index (χ0) is 17.8. The van der Waals surface area contributed by atoms with Crippen LogP contribution in [-0.2, 0) is 0 Å². The van der Waals surface area contributed by atoms with Gasteiger partial charge in [0.2, 0.25) is 5.75 Å². The summed E-state index contributed by atoms with van der Waals surface area (Å²) in [7, 11) is 4.58. The number of imidazole rings is 1. The number of ether oxygens (including phenoxy) is 3. The zero-order valence-corrected chi connectivity index (χ0v) is 14.1. The summed E-state index contributed by atoms with van der Waals surface area (Å²) < 4.78 is 15.9. The number of methoxy groups -OCH3 is 3. The summed E-state index contributed by atoms with van der Waals surface area (Å²) in [5.74, 6) is 1.94. The molecule has 8 heteroatoms. The lowest BCUT2D eigenvalue weighted by molar-refractivity contribution is 0.214. The molecule has 0 aliphatic rings. The average molecular weight is 342 g/mol. The summed E-state index contributed by atoms with van der Waals surface area (Å²) >= 11 is 0. The first-order valence-electron chi connectivity index (χ1n) is 7.47. The third kappa shape index (κ3) is 3.24. The molecule has 0 spiro atoms. The van der Waals surface area contributed by atoms with Gasteiger partial charge in [-0.3, -0.25) is 0 Å². The molecular weight excluding hydrogens is 324 g/mol. The fourth-order valence-corrected chi connectivity index (χ4v) is 2.47. The van der Waals surface area contributed by atoms with Gasteiger partial charge in [0, 0.05) is 6.20 Å². The van der Waals surface area contributed by atoms with Crippen LogP contribution in [-0.4, -0.2) is 46.4 Å². The van der Waals surface area contributed by atoms with E-state index in [9.17, 15) is 5.11 Å². The monoisotopic (exact) mass is 342 g/mol. The second-order valence-corrected chi connectivity index (χ2v) is 5.14. The molecule has 2 heterocycles. The van der Waals surface area contributed by atoms with Crippen molar-refractivity contribution in [3.05, 3.63) is 48.2 Å². The van der Waals surface area contributed by atoms with Crippen LogP contribution in [0.15, 0.2) is 36.9 Å². The summed E-state index contributed by atoms with van der Waals surface area (Å²) in [5, 5.41) is 10.7. The fraction of sp³-hybridized carbons (Fsp3) is 0.235. The van der Waals surface area contributed by atoms with Gasteiger partial charge in [0.1, 0.15) is 18.1 Å². The number of H-pyrrole nitrogens is 1. The molecule has 0 aliphatic carbocycles. The Bertz CT molecular complexity index is 826. The van der Waals surface area contributed by atoms with Crippen LogP contribution < -0.4 is 14.2 Å². The highest BCUT2D eigenvalue weighted by molar-refractivity contribution is 5.55. The van der Waals surface area contributed by atoms with Gasteiger partial charge in [-0.15, -0.1) is 0 Å². The smallest absolute Gasteiger partial charge is 0.203 e. The van der Waals surface area contributed by atoms with Gasteiger partial charge >= 0.3 is 0 Å². The summed E-state index contributed by atoms with van der Waals surface area (Å²) in [6.45, 7) is 0. The Morgan fingerprint density at radius 2 is 1.76 bits per heavy atom. The standard InChI is InChI=1S/C17H18N4O4/c1-23-13-6-10(7-14(24-2)16(13)25-3)15(22)12-8-19-17(21-12)11-4-5-18-9-20-11/h4-9,15,22H,1-3H3,(H,19,21). The van der Waals surface area contributed by atoms with E-state index in [0.29, 0.717) is 40.0 Å². The van der Waals surface area contributed by atoms with E-state index in [1.807, 2.05) is 0 Å². The number of nitrogens with one attached hydrogen (secondary N) is 1. The number of aromatic amines is 1. The molecule has 0 fully saturated rings. The molecule has 1 atom stereocenters. The summed E-state index contributed by atoms with van der Waals surface area (Å²) in [5.41, 5.74) is 1.73. The normalized spacial score (nSPS) is 11.8. The Morgan fingerprint density at radius 3 is 2.32 bits per heavy atom. The SMILES string of the molecule is COc1cc(C(O)c2cnc(-c3ccncn3)[nH]2)cc(OC)c1OC.